The van der Waals surface area contributed by atoms with Crippen LogP contribution in [0.2, 0.25) is 0 Å². The number of nitrogens with zero attached hydrogens (tertiary/aromatic N) is 2. The average Bonchev–Trinajstić information content (AvgIpc) is 3.31. The Bertz CT molecular complexity index is 1960. The summed E-state index contributed by atoms with van der Waals surface area (Å²) in [6, 6.07) is 18.8. The molecule has 0 bridgehead atoms. The Balaban J connectivity index is 1.61. The fourth-order valence-corrected chi connectivity index (χ4v) is 7.05. The number of esters is 1. The number of ether oxygens (including phenoxy) is 4. The van der Waals surface area contributed by atoms with Crippen molar-refractivity contribution in [3.8, 4) is 17.2 Å². The van der Waals surface area contributed by atoms with Gasteiger partial charge >= 0.3 is 5.97 Å². The molecule has 1 aliphatic heterocycles. The summed E-state index contributed by atoms with van der Waals surface area (Å²) in [4.78, 5) is 32.8. The van der Waals surface area contributed by atoms with Gasteiger partial charge in [0.1, 0.15) is 18.4 Å². The van der Waals surface area contributed by atoms with Gasteiger partial charge in [-0.1, -0.05) is 59.4 Å². The number of fused-ring (bicyclic) bond motifs is 1. The lowest BCUT2D eigenvalue weighted by molar-refractivity contribution is -0.139. The first-order chi connectivity index (χ1) is 22.1. The van der Waals surface area contributed by atoms with Crippen molar-refractivity contribution in [1.29, 1.82) is 0 Å². The molecular formula is C36H37IN2O6S. The summed E-state index contributed by atoms with van der Waals surface area (Å²) in [5.41, 5.74) is 4.25. The van der Waals surface area contributed by atoms with E-state index in [1.54, 1.807) is 18.4 Å². The number of rotatable bonds is 11. The Kier molecular flexibility index (Phi) is 10.7. The van der Waals surface area contributed by atoms with Gasteiger partial charge in [0.2, 0.25) is 0 Å². The van der Waals surface area contributed by atoms with Gasteiger partial charge < -0.3 is 18.9 Å². The number of carbonyl (C=O) groups excluding carboxylic acids is 1. The number of allylic oxidation sites excluding steroid dienone is 1. The topological polar surface area (TPSA) is 88.4 Å². The quantitative estimate of drug-likeness (QED) is 0.129. The van der Waals surface area contributed by atoms with Crippen molar-refractivity contribution in [2.45, 2.75) is 60.3 Å². The maximum atomic E-state index is 14.2. The van der Waals surface area contributed by atoms with E-state index in [2.05, 4.69) is 41.6 Å². The number of hydrogen-bond acceptors (Lipinski definition) is 8. The van der Waals surface area contributed by atoms with Gasteiger partial charge in [-0.2, -0.15) is 0 Å². The lowest BCUT2D eigenvalue weighted by Gasteiger charge is -2.26. The third-order valence-corrected chi connectivity index (χ3v) is 9.01. The normalized spacial score (nSPS) is 14.6. The van der Waals surface area contributed by atoms with Crippen LogP contribution in [0.1, 0.15) is 62.9 Å². The van der Waals surface area contributed by atoms with Crippen molar-refractivity contribution in [3.63, 3.8) is 0 Å². The molecule has 0 spiro atoms. The number of thiazole rings is 1. The molecule has 4 aromatic rings. The minimum atomic E-state index is -0.774. The third-order valence-electron chi connectivity index (χ3n) is 7.23. The molecule has 3 aromatic carbocycles. The Morgan fingerprint density at radius 2 is 1.76 bits per heavy atom. The van der Waals surface area contributed by atoms with Crippen LogP contribution >= 0.6 is 33.9 Å². The minimum absolute atomic E-state index is 0.112. The second-order valence-electron chi connectivity index (χ2n) is 11.0. The lowest BCUT2D eigenvalue weighted by Crippen LogP contribution is -2.40. The molecule has 1 aliphatic rings. The summed E-state index contributed by atoms with van der Waals surface area (Å²) in [5, 5.41) is 0. The summed E-state index contributed by atoms with van der Waals surface area (Å²) < 4.78 is 26.7. The van der Waals surface area contributed by atoms with E-state index in [1.165, 1.54) is 16.9 Å². The third kappa shape index (κ3) is 7.23. The Labute approximate surface area is 286 Å². The van der Waals surface area contributed by atoms with E-state index in [-0.39, 0.29) is 18.3 Å². The highest BCUT2D eigenvalue weighted by Gasteiger charge is 2.35. The Morgan fingerprint density at radius 3 is 2.46 bits per heavy atom. The largest absolute Gasteiger partial charge is 0.491 e. The summed E-state index contributed by atoms with van der Waals surface area (Å²) in [7, 11) is 0. The van der Waals surface area contributed by atoms with Crippen molar-refractivity contribution in [1.82, 2.24) is 4.57 Å². The SMILES string of the molecule is CCOC(=O)C1=C(C)N=c2s/c(=C/c3cc(I)c(OCc4ccc(C)cc4)c(OCC)c3)c(=O)n2[C@@H]1c1ccccc1OC(C)C. The molecule has 0 aliphatic carbocycles. The zero-order valence-electron chi connectivity index (χ0n) is 26.8. The first-order valence-corrected chi connectivity index (χ1v) is 17.1. The number of halogens is 1. The molecule has 240 valence electrons. The van der Waals surface area contributed by atoms with Crippen LogP contribution in [0.5, 0.6) is 17.2 Å². The second kappa shape index (κ2) is 14.7. The molecule has 0 N–H and O–H groups in total. The van der Waals surface area contributed by atoms with Crippen LogP contribution in [0.3, 0.4) is 0 Å². The number of para-hydroxylation sites is 1. The first kappa shape index (κ1) is 33.5. The van der Waals surface area contributed by atoms with E-state index in [4.69, 9.17) is 23.9 Å². The molecule has 0 radical (unpaired) electrons. The molecule has 0 fully saturated rings. The van der Waals surface area contributed by atoms with E-state index in [9.17, 15) is 9.59 Å². The molecule has 1 atom stereocenters. The van der Waals surface area contributed by atoms with Gasteiger partial charge in [-0.25, -0.2) is 9.79 Å². The van der Waals surface area contributed by atoms with Crippen LogP contribution in [0, 0.1) is 10.5 Å². The van der Waals surface area contributed by atoms with E-state index >= 15 is 0 Å². The first-order valence-electron chi connectivity index (χ1n) is 15.2. The van der Waals surface area contributed by atoms with Crippen molar-refractivity contribution >= 4 is 46.0 Å². The number of aryl methyl sites for hydroxylation is 1. The molecule has 46 heavy (non-hydrogen) atoms. The zero-order chi connectivity index (χ0) is 33.0. The molecular weight excluding hydrogens is 715 g/mol. The van der Waals surface area contributed by atoms with Gasteiger partial charge in [0.05, 0.1) is 38.7 Å². The Hall–Kier alpha value is -3.90. The highest BCUT2D eigenvalue weighted by atomic mass is 127. The van der Waals surface area contributed by atoms with Crippen molar-refractivity contribution in [2.75, 3.05) is 13.2 Å². The lowest BCUT2D eigenvalue weighted by atomic mass is 9.95. The maximum Gasteiger partial charge on any atom is 0.338 e. The highest BCUT2D eigenvalue weighted by molar-refractivity contribution is 14.1. The fourth-order valence-electron chi connectivity index (χ4n) is 5.22. The Morgan fingerprint density at radius 1 is 1.02 bits per heavy atom. The van der Waals surface area contributed by atoms with Crippen LogP contribution in [0.15, 0.2) is 81.7 Å². The maximum absolute atomic E-state index is 14.2. The number of carbonyl (C=O) groups is 1. The minimum Gasteiger partial charge on any atom is -0.491 e. The smallest absolute Gasteiger partial charge is 0.338 e. The van der Waals surface area contributed by atoms with Gasteiger partial charge in [-0.05, 0) is 99.5 Å². The van der Waals surface area contributed by atoms with Gasteiger partial charge in [-0.3, -0.25) is 9.36 Å². The highest BCUT2D eigenvalue weighted by Crippen LogP contribution is 2.37. The summed E-state index contributed by atoms with van der Waals surface area (Å²) in [6.45, 7) is 12.4. The molecule has 0 amide bonds. The van der Waals surface area contributed by atoms with Gasteiger partial charge in [0, 0.05) is 5.56 Å². The van der Waals surface area contributed by atoms with E-state index < -0.39 is 12.0 Å². The average molecular weight is 753 g/mol. The summed E-state index contributed by atoms with van der Waals surface area (Å²) >= 11 is 3.51. The van der Waals surface area contributed by atoms with Crippen LogP contribution in [0.25, 0.3) is 6.08 Å². The summed E-state index contributed by atoms with van der Waals surface area (Å²) in [6.07, 6.45) is 1.72. The van der Waals surface area contributed by atoms with Crippen molar-refractivity contribution in [2.24, 2.45) is 4.99 Å². The molecule has 8 nitrogen and oxygen atoms in total. The molecule has 0 saturated heterocycles. The molecule has 0 unspecified atom stereocenters. The van der Waals surface area contributed by atoms with E-state index in [1.807, 2.05) is 75.4 Å². The standard InChI is InChI=1S/C36H37IN2O6S/c1-7-42-29-18-25(17-27(37)33(29)44-20-24-15-13-22(5)14-16-24)19-30-34(40)39-32(26-11-9-10-12-28(26)45-21(3)4)31(35(41)43-8-2)23(6)38-36(39)46-30/h9-19,21,32H,7-8,20H2,1-6H3/b30-19+/t32-/m1/s1. The molecule has 10 heteroatoms. The second-order valence-corrected chi connectivity index (χ2v) is 13.2. The molecule has 0 saturated carbocycles. The van der Waals surface area contributed by atoms with Crippen LogP contribution < -0.4 is 29.1 Å². The predicted octanol–water partition coefficient (Wildman–Crippen LogP) is 6.48. The molecule has 2 heterocycles. The van der Waals surface area contributed by atoms with Crippen LogP contribution in [-0.2, 0) is 16.1 Å². The number of benzene rings is 3. The van der Waals surface area contributed by atoms with Gasteiger partial charge in [0.25, 0.3) is 5.56 Å². The molecule has 1 aromatic heterocycles. The zero-order valence-corrected chi connectivity index (χ0v) is 29.7. The fraction of sp³-hybridized carbons (Fsp3) is 0.306. The van der Waals surface area contributed by atoms with E-state index in [0.29, 0.717) is 56.6 Å². The van der Waals surface area contributed by atoms with Crippen molar-refractivity contribution < 1.29 is 23.7 Å². The van der Waals surface area contributed by atoms with E-state index in [0.717, 1.165) is 14.7 Å². The van der Waals surface area contributed by atoms with Crippen LogP contribution in [-0.4, -0.2) is 29.9 Å². The number of hydrogen-bond donors (Lipinski definition) is 0. The number of aromatic nitrogens is 1. The van der Waals surface area contributed by atoms with Gasteiger partial charge in [0.15, 0.2) is 16.3 Å². The van der Waals surface area contributed by atoms with Crippen LogP contribution in [0.4, 0.5) is 0 Å². The predicted molar refractivity (Wildman–Crippen MR) is 188 cm³/mol. The van der Waals surface area contributed by atoms with Crippen molar-refractivity contribution in [3.05, 3.63) is 117 Å². The monoisotopic (exact) mass is 752 g/mol. The summed E-state index contributed by atoms with van der Waals surface area (Å²) in [5.74, 6) is 1.32. The molecule has 5 rings (SSSR count). The van der Waals surface area contributed by atoms with Gasteiger partial charge in [-0.15, -0.1) is 0 Å².